The quantitative estimate of drug-likeness (QED) is 0.755. The minimum atomic E-state index is 0.193. The molecule has 2 rings (SSSR count). The number of piperidine rings is 1. The summed E-state index contributed by atoms with van der Waals surface area (Å²) >= 11 is 0. The number of nitriles is 1. The van der Waals surface area contributed by atoms with Crippen LogP contribution in [0.5, 0.6) is 0 Å². The fraction of sp³-hybridized carbons (Fsp3) is 0.444. The Labute approximate surface area is 133 Å². The molecule has 0 N–H and O–H groups in total. The molecular weight excluding hydrogens is 272 g/mol. The van der Waals surface area contributed by atoms with Gasteiger partial charge in [0.05, 0.1) is 12.4 Å². The summed E-state index contributed by atoms with van der Waals surface area (Å²) in [6, 6.07) is 2.32. The molecule has 1 fully saturated rings. The summed E-state index contributed by atoms with van der Waals surface area (Å²) < 4.78 is 1.87. The minimum absolute atomic E-state index is 0.193. The molecule has 0 atom stereocenters. The third kappa shape index (κ3) is 4.44. The van der Waals surface area contributed by atoms with Crippen molar-refractivity contribution in [2.75, 3.05) is 19.6 Å². The van der Waals surface area contributed by atoms with Crippen molar-refractivity contribution >= 4 is 5.70 Å². The van der Waals surface area contributed by atoms with Crippen molar-refractivity contribution in [3.8, 4) is 6.07 Å². The van der Waals surface area contributed by atoms with Gasteiger partial charge in [0, 0.05) is 31.1 Å². The highest BCUT2D eigenvalue weighted by molar-refractivity contribution is 5.55. The second kappa shape index (κ2) is 7.24. The Morgan fingerprint density at radius 3 is 2.68 bits per heavy atom. The maximum atomic E-state index is 8.89. The zero-order valence-corrected chi connectivity index (χ0v) is 13.3. The lowest BCUT2D eigenvalue weighted by atomic mass is 9.78. The Bertz CT molecular complexity index is 581. The van der Waals surface area contributed by atoms with Crippen molar-refractivity contribution < 1.29 is 0 Å². The van der Waals surface area contributed by atoms with Crippen LogP contribution >= 0.6 is 0 Å². The first-order valence-electron chi connectivity index (χ1n) is 7.65. The van der Waals surface area contributed by atoms with Crippen molar-refractivity contribution in [2.45, 2.75) is 26.2 Å². The Balaban J connectivity index is 1.79. The lowest BCUT2D eigenvalue weighted by Gasteiger charge is -2.38. The lowest BCUT2D eigenvalue weighted by Crippen LogP contribution is -2.39. The van der Waals surface area contributed by atoms with E-state index in [0.29, 0.717) is 6.42 Å². The highest BCUT2D eigenvalue weighted by Crippen LogP contribution is 2.33. The number of aromatic nitrogens is 2. The fourth-order valence-corrected chi connectivity index (χ4v) is 2.69. The van der Waals surface area contributed by atoms with Crippen molar-refractivity contribution in [3.63, 3.8) is 0 Å². The molecule has 4 heteroatoms. The Hall–Kier alpha value is -2.12. The first-order chi connectivity index (χ1) is 10.5. The molecule has 1 aliphatic rings. The standard InChI is InChI=1S/C18H24N4/c1-16(4-5-17(2)22-13-10-20-15-22)14-21-11-7-18(3,6-9-19)8-12-21/h4-5,10,13,15H,1-2,6-8,11-12,14H2,3H3/b5-4-. The number of allylic oxidation sites excluding steroid dienone is 2. The average molecular weight is 296 g/mol. The van der Waals surface area contributed by atoms with Crippen molar-refractivity contribution in [3.05, 3.63) is 49.6 Å². The number of nitrogens with zero attached hydrogens (tertiary/aromatic N) is 4. The van der Waals surface area contributed by atoms with Crippen molar-refractivity contribution in [2.24, 2.45) is 5.41 Å². The van der Waals surface area contributed by atoms with Gasteiger partial charge >= 0.3 is 0 Å². The van der Waals surface area contributed by atoms with Gasteiger partial charge in [-0.15, -0.1) is 0 Å². The van der Waals surface area contributed by atoms with E-state index in [0.717, 1.165) is 43.7 Å². The van der Waals surface area contributed by atoms with Gasteiger partial charge in [-0.25, -0.2) is 4.98 Å². The highest BCUT2D eigenvalue weighted by Gasteiger charge is 2.29. The summed E-state index contributed by atoms with van der Waals surface area (Å²) in [7, 11) is 0. The summed E-state index contributed by atoms with van der Waals surface area (Å²) in [5.41, 5.74) is 2.14. The van der Waals surface area contributed by atoms with Gasteiger partial charge in [0.15, 0.2) is 0 Å². The molecule has 1 aliphatic heterocycles. The predicted molar refractivity (Wildman–Crippen MR) is 89.8 cm³/mol. The molecule has 1 saturated heterocycles. The average Bonchev–Trinajstić information content (AvgIpc) is 3.02. The molecule has 1 aromatic rings. The summed E-state index contributed by atoms with van der Waals surface area (Å²) in [5, 5.41) is 8.89. The molecule has 0 radical (unpaired) electrons. The summed E-state index contributed by atoms with van der Waals surface area (Å²) in [6.45, 7) is 13.3. The molecule has 2 heterocycles. The van der Waals surface area contributed by atoms with Crippen LogP contribution in [0.25, 0.3) is 5.70 Å². The number of imidazole rings is 1. The molecule has 0 unspecified atom stereocenters. The molecule has 1 aromatic heterocycles. The second-order valence-corrected chi connectivity index (χ2v) is 6.37. The van der Waals surface area contributed by atoms with E-state index in [-0.39, 0.29) is 5.41 Å². The van der Waals surface area contributed by atoms with Crippen molar-refractivity contribution in [1.82, 2.24) is 14.5 Å². The molecule has 0 bridgehead atoms. The van der Waals surface area contributed by atoms with E-state index in [1.807, 2.05) is 22.9 Å². The smallest absolute Gasteiger partial charge is 0.0991 e. The largest absolute Gasteiger partial charge is 0.307 e. The Morgan fingerprint density at radius 1 is 1.36 bits per heavy atom. The molecule has 0 spiro atoms. The van der Waals surface area contributed by atoms with Crippen LogP contribution in [0.15, 0.2) is 49.6 Å². The number of rotatable bonds is 6. The van der Waals surface area contributed by atoms with Crippen LogP contribution < -0.4 is 0 Å². The first kappa shape index (κ1) is 16.3. The number of likely N-dealkylation sites (tertiary alicyclic amines) is 1. The molecule has 0 aliphatic carbocycles. The molecular formula is C18H24N4. The molecule has 22 heavy (non-hydrogen) atoms. The molecule has 0 amide bonds. The third-order valence-electron chi connectivity index (χ3n) is 4.34. The van der Waals surface area contributed by atoms with E-state index in [4.69, 9.17) is 5.26 Å². The molecule has 116 valence electrons. The lowest BCUT2D eigenvalue weighted by molar-refractivity contribution is 0.130. The highest BCUT2D eigenvalue weighted by atomic mass is 15.1. The van der Waals surface area contributed by atoms with Gasteiger partial charge in [-0.05, 0) is 43.0 Å². The van der Waals surface area contributed by atoms with Crippen LogP contribution in [0.1, 0.15) is 26.2 Å². The van der Waals surface area contributed by atoms with E-state index < -0.39 is 0 Å². The van der Waals surface area contributed by atoms with Gasteiger partial charge < -0.3 is 4.57 Å². The van der Waals surface area contributed by atoms with Gasteiger partial charge in [-0.1, -0.05) is 26.2 Å². The second-order valence-electron chi connectivity index (χ2n) is 6.37. The van der Waals surface area contributed by atoms with Crippen LogP contribution in [-0.4, -0.2) is 34.1 Å². The fourth-order valence-electron chi connectivity index (χ4n) is 2.69. The number of hydrogen-bond donors (Lipinski definition) is 0. The normalized spacial score (nSPS) is 18.2. The van der Waals surface area contributed by atoms with Gasteiger partial charge in [-0.3, -0.25) is 4.90 Å². The summed E-state index contributed by atoms with van der Waals surface area (Å²) in [5.74, 6) is 0. The topological polar surface area (TPSA) is 44.9 Å². The van der Waals surface area contributed by atoms with Gasteiger partial charge in [-0.2, -0.15) is 5.26 Å². The van der Waals surface area contributed by atoms with Crippen LogP contribution in [0.2, 0.25) is 0 Å². The Kier molecular flexibility index (Phi) is 5.35. The van der Waals surface area contributed by atoms with Crippen LogP contribution in [0, 0.1) is 16.7 Å². The minimum Gasteiger partial charge on any atom is -0.307 e. The van der Waals surface area contributed by atoms with Crippen molar-refractivity contribution in [1.29, 1.82) is 5.26 Å². The summed E-state index contributed by atoms with van der Waals surface area (Å²) in [4.78, 5) is 6.42. The molecule has 0 saturated carbocycles. The first-order valence-corrected chi connectivity index (χ1v) is 7.65. The van der Waals surface area contributed by atoms with Crippen LogP contribution in [-0.2, 0) is 0 Å². The zero-order valence-electron chi connectivity index (χ0n) is 13.3. The van der Waals surface area contributed by atoms with Gasteiger partial charge in [0.25, 0.3) is 0 Å². The monoisotopic (exact) mass is 296 g/mol. The maximum Gasteiger partial charge on any atom is 0.0991 e. The van der Waals surface area contributed by atoms with Gasteiger partial charge in [0.1, 0.15) is 0 Å². The Morgan fingerprint density at radius 2 is 2.09 bits per heavy atom. The predicted octanol–water partition coefficient (Wildman–Crippen LogP) is 3.48. The van der Waals surface area contributed by atoms with E-state index in [1.54, 1.807) is 12.5 Å². The van der Waals surface area contributed by atoms with E-state index in [9.17, 15) is 0 Å². The van der Waals surface area contributed by atoms with E-state index >= 15 is 0 Å². The van der Waals surface area contributed by atoms with Crippen LogP contribution in [0.4, 0.5) is 0 Å². The summed E-state index contributed by atoms with van der Waals surface area (Å²) in [6.07, 6.45) is 12.1. The molecule has 0 aromatic carbocycles. The number of hydrogen-bond acceptors (Lipinski definition) is 3. The van der Waals surface area contributed by atoms with Crippen LogP contribution in [0.3, 0.4) is 0 Å². The molecule has 4 nitrogen and oxygen atoms in total. The SMILES string of the molecule is C=C(/C=C\C(=C)n1ccnc1)CN1CCC(C)(CC#N)CC1. The maximum absolute atomic E-state index is 8.89. The zero-order chi connectivity index (χ0) is 16.0. The van der Waals surface area contributed by atoms with Gasteiger partial charge in [0.2, 0.25) is 0 Å². The van der Waals surface area contributed by atoms with E-state index in [2.05, 4.69) is 36.0 Å². The third-order valence-corrected chi connectivity index (χ3v) is 4.34. The van der Waals surface area contributed by atoms with E-state index in [1.165, 1.54) is 0 Å².